The minimum absolute atomic E-state index is 0.0390. The second-order valence-corrected chi connectivity index (χ2v) is 10.1. The lowest BCUT2D eigenvalue weighted by Gasteiger charge is -2.28. The third-order valence-electron chi connectivity index (χ3n) is 6.41. The topological polar surface area (TPSA) is 71.1 Å². The van der Waals surface area contributed by atoms with E-state index in [9.17, 15) is 9.59 Å². The second kappa shape index (κ2) is 10.00. The van der Waals surface area contributed by atoms with E-state index in [0.29, 0.717) is 24.6 Å². The van der Waals surface area contributed by atoms with E-state index in [2.05, 4.69) is 18.3 Å². The average molecular weight is 492 g/mol. The summed E-state index contributed by atoms with van der Waals surface area (Å²) in [7, 11) is 0. The fraction of sp³-hybridized carbons (Fsp3) is 0.333. The fourth-order valence-corrected chi connectivity index (χ4v) is 5.05. The van der Waals surface area contributed by atoms with Crippen molar-refractivity contribution in [2.75, 3.05) is 18.7 Å². The van der Waals surface area contributed by atoms with Gasteiger partial charge in [0, 0.05) is 23.2 Å². The number of aryl methyl sites for hydroxylation is 2. The van der Waals surface area contributed by atoms with Crippen molar-refractivity contribution >= 4 is 29.0 Å². The van der Waals surface area contributed by atoms with Gasteiger partial charge in [0.15, 0.2) is 11.5 Å². The standard InChI is InChI=1S/C27H29N3O4S/c1-18-5-3-4-6-22(18)28-27(32)30(21-8-9-21)16-26(31)29(15-25-19(2)11-12-35-25)14-20-7-10-23-24(13-20)34-17-33-23/h3-7,10-13,21H,8-9,14-17H2,1-2H3,(H,28,32). The van der Waals surface area contributed by atoms with Crippen molar-refractivity contribution in [2.24, 2.45) is 0 Å². The van der Waals surface area contributed by atoms with Crippen molar-refractivity contribution in [3.63, 3.8) is 0 Å². The molecule has 2 heterocycles. The predicted molar refractivity (Wildman–Crippen MR) is 136 cm³/mol. The van der Waals surface area contributed by atoms with Crippen molar-refractivity contribution in [3.05, 3.63) is 75.5 Å². The zero-order valence-corrected chi connectivity index (χ0v) is 20.8. The van der Waals surface area contributed by atoms with E-state index in [-0.39, 0.29) is 31.3 Å². The molecular weight excluding hydrogens is 462 g/mol. The van der Waals surface area contributed by atoms with Crippen LogP contribution in [0, 0.1) is 13.8 Å². The number of nitrogens with zero attached hydrogens (tertiary/aromatic N) is 2. The Morgan fingerprint density at radius 2 is 1.80 bits per heavy atom. The first-order valence-electron chi connectivity index (χ1n) is 11.8. The number of rotatable bonds is 8. The largest absolute Gasteiger partial charge is 0.454 e. The van der Waals surface area contributed by atoms with Gasteiger partial charge in [0.25, 0.3) is 0 Å². The third-order valence-corrected chi connectivity index (χ3v) is 7.41. The number of benzene rings is 2. The van der Waals surface area contributed by atoms with Crippen LogP contribution in [0.25, 0.3) is 0 Å². The van der Waals surface area contributed by atoms with Crippen molar-refractivity contribution < 1.29 is 19.1 Å². The Kier molecular flexibility index (Phi) is 6.63. The first-order valence-corrected chi connectivity index (χ1v) is 12.7. The van der Waals surface area contributed by atoms with Crippen molar-refractivity contribution in [1.29, 1.82) is 0 Å². The molecule has 1 aromatic heterocycles. The van der Waals surface area contributed by atoms with Gasteiger partial charge in [-0.25, -0.2) is 4.79 Å². The Morgan fingerprint density at radius 3 is 2.54 bits per heavy atom. The number of para-hydroxylation sites is 1. The Hall–Kier alpha value is -3.52. The Labute approximate surface area is 209 Å². The number of thiophene rings is 1. The highest BCUT2D eigenvalue weighted by molar-refractivity contribution is 7.10. The number of carbonyl (C=O) groups excluding carboxylic acids is 2. The molecule has 2 aliphatic rings. The zero-order chi connectivity index (χ0) is 24.4. The summed E-state index contributed by atoms with van der Waals surface area (Å²) in [5, 5.41) is 5.04. The summed E-state index contributed by atoms with van der Waals surface area (Å²) in [5.74, 6) is 1.33. The van der Waals surface area contributed by atoms with Crippen LogP contribution in [-0.4, -0.2) is 41.1 Å². The van der Waals surface area contributed by atoms with Crippen molar-refractivity contribution in [2.45, 2.75) is 45.8 Å². The van der Waals surface area contributed by atoms with Gasteiger partial charge in [-0.3, -0.25) is 4.79 Å². The summed E-state index contributed by atoms with van der Waals surface area (Å²) in [6.07, 6.45) is 1.83. The molecule has 182 valence electrons. The Bertz CT molecular complexity index is 1240. The lowest BCUT2D eigenvalue weighted by atomic mass is 10.1. The molecular formula is C27H29N3O4S. The van der Waals surface area contributed by atoms with E-state index in [1.165, 1.54) is 0 Å². The number of urea groups is 1. The molecule has 1 saturated carbocycles. The molecule has 0 unspecified atom stereocenters. The van der Waals surface area contributed by atoms with Crippen LogP contribution in [-0.2, 0) is 17.9 Å². The van der Waals surface area contributed by atoms with Gasteiger partial charge in [0.05, 0.1) is 6.54 Å². The number of hydrogen-bond donors (Lipinski definition) is 1. The van der Waals surface area contributed by atoms with Crippen molar-refractivity contribution in [3.8, 4) is 11.5 Å². The summed E-state index contributed by atoms with van der Waals surface area (Å²) in [6.45, 7) is 5.18. The van der Waals surface area contributed by atoms with Crippen LogP contribution in [0.2, 0.25) is 0 Å². The fourth-order valence-electron chi connectivity index (χ4n) is 4.13. The molecule has 1 aliphatic heterocycles. The molecule has 5 rings (SSSR count). The van der Waals surface area contributed by atoms with E-state index in [1.807, 2.05) is 59.7 Å². The molecule has 7 nitrogen and oxygen atoms in total. The van der Waals surface area contributed by atoms with Crippen LogP contribution in [0.3, 0.4) is 0 Å². The molecule has 1 N–H and O–H groups in total. The zero-order valence-electron chi connectivity index (χ0n) is 20.0. The molecule has 3 amide bonds. The van der Waals surface area contributed by atoms with Crippen LogP contribution in [0.4, 0.5) is 10.5 Å². The van der Waals surface area contributed by atoms with E-state index in [1.54, 1.807) is 16.2 Å². The lowest BCUT2D eigenvalue weighted by Crippen LogP contribution is -2.45. The number of anilines is 1. The molecule has 2 aromatic carbocycles. The number of nitrogens with one attached hydrogen (secondary N) is 1. The summed E-state index contributed by atoms with van der Waals surface area (Å²) >= 11 is 1.64. The monoisotopic (exact) mass is 491 g/mol. The molecule has 0 saturated heterocycles. The molecule has 0 bridgehead atoms. The molecule has 8 heteroatoms. The minimum Gasteiger partial charge on any atom is -0.454 e. The minimum atomic E-state index is -0.231. The van der Waals surface area contributed by atoms with Crippen LogP contribution >= 0.6 is 11.3 Å². The first-order chi connectivity index (χ1) is 17.0. The second-order valence-electron chi connectivity index (χ2n) is 9.07. The summed E-state index contributed by atoms with van der Waals surface area (Å²) < 4.78 is 10.9. The maximum atomic E-state index is 13.6. The van der Waals surface area contributed by atoms with E-state index >= 15 is 0 Å². The summed E-state index contributed by atoms with van der Waals surface area (Å²) in [6, 6.07) is 15.4. The van der Waals surface area contributed by atoms with Gasteiger partial charge in [-0.15, -0.1) is 11.3 Å². The molecule has 35 heavy (non-hydrogen) atoms. The molecule has 0 atom stereocenters. The SMILES string of the molecule is Cc1ccccc1NC(=O)N(CC(=O)N(Cc1ccc2c(c1)OCO2)Cc1sccc1C)C1CC1. The van der Waals surface area contributed by atoms with Gasteiger partial charge in [-0.2, -0.15) is 0 Å². The number of amides is 3. The van der Waals surface area contributed by atoms with Crippen LogP contribution < -0.4 is 14.8 Å². The van der Waals surface area contributed by atoms with Gasteiger partial charge in [0.2, 0.25) is 12.7 Å². The molecule has 0 radical (unpaired) electrons. The van der Waals surface area contributed by atoms with Crippen LogP contribution in [0.5, 0.6) is 11.5 Å². The number of hydrogen-bond acceptors (Lipinski definition) is 5. The predicted octanol–water partition coefficient (Wildman–Crippen LogP) is 5.32. The van der Waals surface area contributed by atoms with Crippen LogP contribution in [0.15, 0.2) is 53.9 Å². The van der Waals surface area contributed by atoms with Gasteiger partial charge in [-0.1, -0.05) is 24.3 Å². The van der Waals surface area contributed by atoms with Gasteiger partial charge >= 0.3 is 6.03 Å². The third kappa shape index (κ3) is 5.43. The van der Waals surface area contributed by atoms with Gasteiger partial charge in [-0.05, 0) is 73.0 Å². The number of carbonyl (C=O) groups is 2. The number of fused-ring (bicyclic) bond motifs is 1. The maximum Gasteiger partial charge on any atom is 0.322 e. The summed E-state index contributed by atoms with van der Waals surface area (Å²) in [5.41, 5.74) is 3.87. The van der Waals surface area contributed by atoms with Crippen molar-refractivity contribution in [1.82, 2.24) is 9.80 Å². The molecule has 1 aliphatic carbocycles. The van der Waals surface area contributed by atoms with E-state index in [0.717, 1.165) is 40.1 Å². The van der Waals surface area contributed by atoms with Gasteiger partial charge in [0.1, 0.15) is 6.54 Å². The Balaban J connectivity index is 1.34. The number of ether oxygens (including phenoxy) is 2. The maximum absolute atomic E-state index is 13.6. The Morgan fingerprint density at radius 1 is 1.00 bits per heavy atom. The highest BCUT2D eigenvalue weighted by Gasteiger charge is 2.35. The highest BCUT2D eigenvalue weighted by Crippen LogP contribution is 2.33. The molecule has 1 fully saturated rings. The molecule has 3 aromatic rings. The van der Waals surface area contributed by atoms with E-state index < -0.39 is 0 Å². The van der Waals surface area contributed by atoms with Gasteiger partial charge < -0.3 is 24.6 Å². The average Bonchev–Trinajstić information content (AvgIpc) is 3.44. The van der Waals surface area contributed by atoms with E-state index in [4.69, 9.17) is 9.47 Å². The first kappa shape index (κ1) is 23.2. The lowest BCUT2D eigenvalue weighted by molar-refractivity contribution is -0.133. The normalized spacial score (nSPS) is 14.0. The quantitative estimate of drug-likeness (QED) is 0.463. The highest BCUT2D eigenvalue weighted by atomic mass is 32.1. The van der Waals surface area contributed by atoms with Crippen LogP contribution in [0.1, 0.15) is 34.4 Å². The smallest absolute Gasteiger partial charge is 0.322 e. The molecule has 0 spiro atoms. The summed E-state index contributed by atoms with van der Waals surface area (Å²) in [4.78, 5) is 31.5.